The molecule has 0 spiro atoms. The van der Waals surface area contributed by atoms with E-state index in [2.05, 4.69) is 17.2 Å². The zero-order valence-electron chi connectivity index (χ0n) is 13.4. The van der Waals surface area contributed by atoms with Gasteiger partial charge >= 0.3 is 0 Å². The number of carbonyl (C=O) groups excluding carboxylic acids is 2. The van der Waals surface area contributed by atoms with Crippen molar-refractivity contribution in [1.82, 2.24) is 4.98 Å². The number of pyridine rings is 1. The molecule has 0 unspecified atom stereocenters. The molecule has 0 bridgehead atoms. The lowest BCUT2D eigenvalue weighted by Crippen LogP contribution is -2.20. The van der Waals surface area contributed by atoms with Crippen LogP contribution in [0.25, 0.3) is 0 Å². The molecule has 0 saturated heterocycles. The minimum Gasteiger partial charge on any atom is -0.365 e. The average Bonchev–Trinajstić information content (AvgIpc) is 2.90. The van der Waals surface area contributed by atoms with Crippen molar-refractivity contribution in [1.29, 1.82) is 0 Å². The van der Waals surface area contributed by atoms with Crippen molar-refractivity contribution in [2.75, 3.05) is 11.1 Å². The molecule has 0 fully saturated rings. The number of carbonyl (C=O) groups is 2. The first kappa shape index (κ1) is 17.0. The van der Waals surface area contributed by atoms with Crippen LogP contribution in [0.5, 0.6) is 0 Å². The second-order valence-corrected chi connectivity index (χ2v) is 8.03. The van der Waals surface area contributed by atoms with Gasteiger partial charge in [0.25, 0.3) is 5.91 Å². The van der Waals surface area contributed by atoms with E-state index in [1.165, 1.54) is 28.0 Å². The fourth-order valence-corrected chi connectivity index (χ4v) is 4.93. The van der Waals surface area contributed by atoms with Gasteiger partial charge in [-0.25, -0.2) is 4.98 Å². The van der Waals surface area contributed by atoms with Crippen molar-refractivity contribution < 1.29 is 9.59 Å². The molecule has 3 rings (SSSR count). The van der Waals surface area contributed by atoms with E-state index < -0.39 is 5.91 Å². The molecule has 7 heteroatoms. The van der Waals surface area contributed by atoms with Gasteiger partial charge in [-0.2, -0.15) is 0 Å². The van der Waals surface area contributed by atoms with Crippen LogP contribution in [0.1, 0.15) is 34.1 Å². The summed E-state index contributed by atoms with van der Waals surface area (Å²) in [6, 6.07) is 5.57. The van der Waals surface area contributed by atoms with Crippen molar-refractivity contribution in [2.24, 2.45) is 11.7 Å². The van der Waals surface area contributed by atoms with Crippen LogP contribution in [-0.2, 0) is 17.6 Å². The molecule has 2 aromatic heterocycles. The molecule has 126 valence electrons. The van der Waals surface area contributed by atoms with E-state index in [0.29, 0.717) is 16.5 Å². The monoisotopic (exact) mass is 361 g/mol. The summed E-state index contributed by atoms with van der Waals surface area (Å²) in [5.41, 5.74) is 7.08. The predicted molar refractivity (Wildman–Crippen MR) is 97.6 cm³/mol. The van der Waals surface area contributed by atoms with Crippen LogP contribution in [0.15, 0.2) is 29.4 Å². The van der Waals surface area contributed by atoms with E-state index in [0.717, 1.165) is 29.9 Å². The van der Waals surface area contributed by atoms with Gasteiger partial charge in [-0.05, 0) is 42.9 Å². The van der Waals surface area contributed by atoms with Gasteiger partial charge in [-0.15, -0.1) is 11.3 Å². The Labute approximate surface area is 149 Å². The molecule has 0 aromatic carbocycles. The summed E-state index contributed by atoms with van der Waals surface area (Å²) in [7, 11) is 0. The number of fused-ring (bicyclic) bond motifs is 1. The zero-order valence-corrected chi connectivity index (χ0v) is 15.0. The van der Waals surface area contributed by atoms with E-state index in [9.17, 15) is 9.59 Å². The minimum atomic E-state index is -0.463. The molecular formula is C17H19N3O2S2. The molecule has 0 saturated carbocycles. The van der Waals surface area contributed by atoms with Gasteiger partial charge in [0, 0.05) is 11.1 Å². The molecule has 3 N–H and O–H groups in total. The number of hydrogen-bond acceptors (Lipinski definition) is 5. The second kappa shape index (κ2) is 7.36. The maximum absolute atomic E-state index is 12.2. The molecule has 1 atom stereocenters. The highest BCUT2D eigenvalue weighted by Gasteiger charge is 2.27. The standard InChI is InChI=1S/C17H19N3O2S2/c1-10-5-6-11-12(8-10)24-17(15(11)16(18)22)20-13(21)9-23-14-4-2-3-7-19-14/h2-4,7,10H,5-6,8-9H2,1H3,(H2,18,22)(H,20,21)/t10-/m1/s1. The number of anilines is 1. The van der Waals surface area contributed by atoms with Gasteiger partial charge in [0.1, 0.15) is 5.00 Å². The third kappa shape index (κ3) is 3.79. The third-order valence-corrected chi connectivity index (χ3v) is 6.11. The maximum atomic E-state index is 12.2. The van der Waals surface area contributed by atoms with E-state index >= 15 is 0 Å². The third-order valence-electron chi connectivity index (χ3n) is 4.00. The summed E-state index contributed by atoms with van der Waals surface area (Å²) in [6.07, 6.45) is 4.54. The molecule has 2 aromatic rings. The number of hydrogen-bond donors (Lipinski definition) is 2. The number of aromatic nitrogens is 1. The molecule has 2 heterocycles. The fraction of sp³-hybridized carbons (Fsp3) is 0.353. The molecule has 0 radical (unpaired) electrons. The van der Waals surface area contributed by atoms with Crippen molar-refractivity contribution >= 4 is 39.9 Å². The van der Waals surface area contributed by atoms with Gasteiger partial charge < -0.3 is 11.1 Å². The van der Waals surface area contributed by atoms with Gasteiger partial charge in [0.15, 0.2) is 0 Å². The van der Waals surface area contributed by atoms with Gasteiger partial charge in [0.2, 0.25) is 5.91 Å². The van der Waals surface area contributed by atoms with E-state index in [4.69, 9.17) is 5.73 Å². The smallest absolute Gasteiger partial charge is 0.251 e. The lowest BCUT2D eigenvalue weighted by atomic mass is 9.88. The molecule has 1 aliphatic rings. The number of nitrogens with zero attached hydrogens (tertiary/aromatic N) is 1. The SMILES string of the molecule is C[C@@H]1CCc2c(sc(NC(=O)CSc3ccccn3)c2C(N)=O)C1. The number of rotatable bonds is 5. The molecular weight excluding hydrogens is 342 g/mol. The minimum absolute atomic E-state index is 0.153. The largest absolute Gasteiger partial charge is 0.365 e. The lowest BCUT2D eigenvalue weighted by molar-refractivity contribution is -0.113. The Balaban J connectivity index is 1.72. The Hall–Kier alpha value is -1.86. The lowest BCUT2D eigenvalue weighted by Gasteiger charge is -2.18. The first-order valence-electron chi connectivity index (χ1n) is 7.82. The summed E-state index contributed by atoms with van der Waals surface area (Å²) in [5.74, 6) is 0.225. The van der Waals surface area contributed by atoms with Crippen molar-refractivity contribution in [2.45, 2.75) is 31.2 Å². The highest BCUT2D eigenvalue weighted by Crippen LogP contribution is 2.39. The van der Waals surface area contributed by atoms with Crippen LogP contribution in [0.2, 0.25) is 0 Å². The fourth-order valence-electron chi connectivity index (χ4n) is 2.83. The molecule has 24 heavy (non-hydrogen) atoms. The van der Waals surface area contributed by atoms with Crippen LogP contribution in [0.4, 0.5) is 5.00 Å². The summed E-state index contributed by atoms with van der Waals surface area (Å²) >= 11 is 2.85. The molecule has 2 amide bonds. The first-order chi connectivity index (χ1) is 11.5. The number of primary amides is 1. The molecule has 1 aliphatic carbocycles. The van der Waals surface area contributed by atoms with Crippen molar-refractivity contribution in [3.63, 3.8) is 0 Å². The second-order valence-electron chi connectivity index (χ2n) is 5.92. The molecule has 0 aliphatic heterocycles. The van der Waals surface area contributed by atoms with E-state index in [-0.39, 0.29) is 11.7 Å². The number of thiophene rings is 1. The normalized spacial score (nSPS) is 16.5. The van der Waals surface area contributed by atoms with E-state index in [1.807, 2.05) is 18.2 Å². The number of nitrogens with one attached hydrogen (secondary N) is 1. The van der Waals surface area contributed by atoms with Crippen molar-refractivity contribution in [3.05, 3.63) is 40.4 Å². The van der Waals surface area contributed by atoms with E-state index in [1.54, 1.807) is 6.20 Å². The number of thioether (sulfide) groups is 1. The van der Waals surface area contributed by atoms with Crippen LogP contribution < -0.4 is 11.1 Å². The topological polar surface area (TPSA) is 85.1 Å². The Bertz CT molecular complexity index is 759. The van der Waals surface area contributed by atoms with Crippen LogP contribution >= 0.6 is 23.1 Å². The maximum Gasteiger partial charge on any atom is 0.251 e. The summed E-state index contributed by atoms with van der Waals surface area (Å²) in [4.78, 5) is 29.4. The van der Waals surface area contributed by atoms with Gasteiger partial charge in [-0.1, -0.05) is 24.8 Å². The Morgan fingerprint density at radius 1 is 1.46 bits per heavy atom. The number of nitrogens with two attached hydrogens (primary N) is 1. The zero-order chi connectivity index (χ0) is 17.1. The van der Waals surface area contributed by atoms with Gasteiger partial charge in [0.05, 0.1) is 16.3 Å². The molecule has 5 nitrogen and oxygen atoms in total. The highest BCUT2D eigenvalue weighted by molar-refractivity contribution is 7.99. The van der Waals surface area contributed by atoms with Crippen LogP contribution in [0, 0.1) is 5.92 Å². The van der Waals surface area contributed by atoms with Crippen LogP contribution in [0.3, 0.4) is 0 Å². The summed E-state index contributed by atoms with van der Waals surface area (Å²) in [6.45, 7) is 2.20. The Morgan fingerprint density at radius 3 is 3.00 bits per heavy atom. The number of amides is 2. The van der Waals surface area contributed by atoms with Crippen molar-refractivity contribution in [3.8, 4) is 0 Å². The highest BCUT2D eigenvalue weighted by atomic mass is 32.2. The Morgan fingerprint density at radius 2 is 2.29 bits per heavy atom. The predicted octanol–water partition coefficient (Wildman–Crippen LogP) is 3.10. The van der Waals surface area contributed by atoms with Crippen LogP contribution in [-0.4, -0.2) is 22.6 Å². The quantitative estimate of drug-likeness (QED) is 0.802. The average molecular weight is 361 g/mol. The summed E-state index contributed by atoms with van der Waals surface area (Å²) in [5, 5.41) is 4.25. The summed E-state index contributed by atoms with van der Waals surface area (Å²) < 4.78 is 0. The first-order valence-corrected chi connectivity index (χ1v) is 9.63. The van der Waals surface area contributed by atoms with Gasteiger partial charge in [-0.3, -0.25) is 9.59 Å². The Kier molecular flexibility index (Phi) is 5.20.